The molecule has 1 aromatic heterocycles. The van der Waals surface area contributed by atoms with E-state index in [0.29, 0.717) is 19.4 Å². The molecule has 31 heavy (non-hydrogen) atoms. The maximum Gasteiger partial charge on any atom is 0.408 e. The molecule has 7 nitrogen and oxygen atoms in total. The Morgan fingerprint density at radius 2 is 1.84 bits per heavy atom. The number of amides is 2. The molecule has 0 saturated carbocycles. The molecule has 176 valence electrons. The summed E-state index contributed by atoms with van der Waals surface area (Å²) in [4.78, 5) is 37.9. The van der Waals surface area contributed by atoms with Gasteiger partial charge in [0, 0.05) is 0 Å². The number of thiophene rings is 1. The minimum absolute atomic E-state index is 0.0706. The summed E-state index contributed by atoms with van der Waals surface area (Å²) in [7, 11) is 0. The fourth-order valence-corrected chi connectivity index (χ4v) is 3.55. The fraction of sp³-hybridized carbons (Fsp3) is 0.696. The van der Waals surface area contributed by atoms with Crippen molar-refractivity contribution >= 4 is 29.1 Å². The summed E-state index contributed by atoms with van der Waals surface area (Å²) in [5, 5.41) is 9.41. The minimum atomic E-state index is -0.779. The Kier molecular flexibility index (Phi) is 11.8. The van der Waals surface area contributed by atoms with Gasteiger partial charge in [-0.3, -0.25) is 9.59 Å². The number of carbonyl (C=O) groups excluding carboxylic acids is 3. The van der Waals surface area contributed by atoms with Crippen molar-refractivity contribution in [1.29, 1.82) is 0 Å². The molecule has 0 fully saturated rings. The van der Waals surface area contributed by atoms with Crippen molar-refractivity contribution < 1.29 is 23.9 Å². The zero-order chi connectivity index (χ0) is 23.4. The van der Waals surface area contributed by atoms with Gasteiger partial charge in [-0.1, -0.05) is 33.6 Å². The van der Waals surface area contributed by atoms with E-state index in [0.717, 1.165) is 18.4 Å². The molecule has 0 aliphatic rings. The van der Waals surface area contributed by atoms with Crippen LogP contribution in [0.1, 0.15) is 72.8 Å². The lowest BCUT2D eigenvalue weighted by atomic mass is 10.0. The number of hydrogen-bond acceptors (Lipinski definition) is 6. The van der Waals surface area contributed by atoms with Crippen LogP contribution in [0.3, 0.4) is 0 Å². The second-order valence-corrected chi connectivity index (χ2v) is 9.90. The standard InChI is InChI=1S/C23H38N2O5S/c1-7-8-9-18(20(26)14-29-13-17-10-11-31-15-17)24-21(27)19(12-16(2)3)25-22(28)30-23(4,5)6/h10-11,15-16,18-19H,7-9,12-14H2,1-6H3,(H,24,27)(H,25,28)/t18-,19-/m0/s1. The van der Waals surface area contributed by atoms with Gasteiger partial charge in [-0.15, -0.1) is 0 Å². The predicted octanol–water partition coefficient (Wildman–Crippen LogP) is 4.45. The van der Waals surface area contributed by atoms with Crippen molar-refractivity contribution in [3.05, 3.63) is 22.4 Å². The van der Waals surface area contributed by atoms with Crippen LogP contribution in [0.4, 0.5) is 4.79 Å². The number of rotatable bonds is 13. The molecule has 1 rings (SSSR count). The summed E-state index contributed by atoms with van der Waals surface area (Å²) in [6.45, 7) is 11.5. The number of nitrogens with one attached hydrogen (secondary N) is 2. The van der Waals surface area contributed by atoms with E-state index in [-0.39, 0.29) is 24.2 Å². The second kappa shape index (κ2) is 13.5. The van der Waals surface area contributed by atoms with Crippen molar-refractivity contribution in [3.63, 3.8) is 0 Å². The molecule has 1 heterocycles. The molecule has 0 aromatic carbocycles. The maximum atomic E-state index is 12.9. The number of carbonyl (C=O) groups is 3. The fourth-order valence-electron chi connectivity index (χ4n) is 2.89. The second-order valence-electron chi connectivity index (χ2n) is 9.12. The van der Waals surface area contributed by atoms with Gasteiger partial charge in [-0.05, 0) is 61.9 Å². The first-order valence-electron chi connectivity index (χ1n) is 10.9. The third-order valence-electron chi connectivity index (χ3n) is 4.36. The van der Waals surface area contributed by atoms with Crippen LogP contribution in [0.15, 0.2) is 16.8 Å². The summed E-state index contributed by atoms with van der Waals surface area (Å²) in [5.41, 5.74) is 0.355. The normalized spacial score (nSPS) is 13.5. The van der Waals surface area contributed by atoms with Crippen molar-refractivity contribution in [2.45, 2.75) is 91.5 Å². The number of unbranched alkanes of at least 4 members (excludes halogenated alkanes) is 1. The Morgan fingerprint density at radius 3 is 2.39 bits per heavy atom. The molecular formula is C23H38N2O5S. The first kappa shape index (κ1) is 27.1. The van der Waals surface area contributed by atoms with Crippen LogP contribution in [0.5, 0.6) is 0 Å². The van der Waals surface area contributed by atoms with E-state index in [1.165, 1.54) is 0 Å². The maximum absolute atomic E-state index is 12.9. The number of alkyl carbamates (subject to hydrolysis) is 1. The van der Waals surface area contributed by atoms with Crippen LogP contribution < -0.4 is 10.6 Å². The van der Waals surface area contributed by atoms with Gasteiger partial charge in [0.25, 0.3) is 0 Å². The highest BCUT2D eigenvalue weighted by Gasteiger charge is 2.28. The third kappa shape index (κ3) is 11.9. The van der Waals surface area contributed by atoms with Gasteiger partial charge in [-0.2, -0.15) is 11.3 Å². The highest BCUT2D eigenvalue weighted by Crippen LogP contribution is 2.12. The van der Waals surface area contributed by atoms with Gasteiger partial charge in [0.05, 0.1) is 12.6 Å². The molecule has 8 heteroatoms. The van der Waals surface area contributed by atoms with Crippen molar-refractivity contribution in [2.24, 2.45) is 5.92 Å². The zero-order valence-electron chi connectivity index (χ0n) is 19.7. The Labute approximate surface area is 190 Å². The molecule has 1 aromatic rings. The van der Waals surface area contributed by atoms with Crippen molar-refractivity contribution in [3.8, 4) is 0 Å². The summed E-state index contributed by atoms with van der Waals surface area (Å²) in [6.07, 6.45) is 2.03. The molecule has 2 atom stereocenters. The van der Waals surface area contributed by atoms with Crippen LogP contribution >= 0.6 is 11.3 Å². The lowest BCUT2D eigenvalue weighted by molar-refractivity contribution is -0.132. The highest BCUT2D eigenvalue weighted by molar-refractivity contribution is 7.07. The van der Waals surface area contributed by atoms with Gasteiger partial charge in [0.1, 0.15) is 18.2 Å². The molecule has 2 amide bonds. The quantitative estimate of drug-likeness (QED) is 0.459. The van der Waals surface area contributed by atoms with E-state index in [2.05, 4.69) is 10.6 Å². The average molecular weight is 455 g/mol. The Morgan fingerprint density at radius 1 is 1.13 bits per heavy atom. The largest absolute Gasteiger partial charge is 0.444 e. The van der Waals surface area contributed by atoms with Crippen LogP contribution in [0.2, 0.25) is 0 Å². The van der Waals surface area contributed by atoms with E-state index < -0.39 is 23.8 Å². The predicted molar refractivity (Wildman–Crippen MR) is 123 cm³/mol. The van der Waals surface area contributed by atoms with Gasteiger partial charge in [-0.25, -0.2) is 4.79 Å². The van der Waals surface area contributed by atoms with Gasteiger partial charge in [0.2, 0.25) is 5.91 Å². The summed E-state index contributed by atoms with van der Waals surface area (Å²) < 4.78 is 10.8. The SMILES string of the molecule is CCCC[C@H](NC(=O)[C@H](CC(C)C)NC(=O)OC(C)(C)C)C(=O)COCc1ccsc1. The third-order valence-corrected chi connectivity index (χ3v) is 5.09. The first-order chi connectivity index (χ1) is 14.5. The van der Waals surface area contributed by atoms with Crippen LogP contribution in [0.25, 0.3) is 0 Å². The summed E-state index contributed by atoms with van der Waals surface area (Å²) in [6, 6.07) is 0.521. The molecule has 0 spiro atoms. The van der Waals surface area contributed by atoms with Crippen LogP contribution in [0, 0.1) is 5.92 Å². The monoisotopic (exact) mass is 454 g/mol. The van der Waals surface area contributed by atoms with E-state index in [9.17, 15) is 14.4 Å². The number of Topliss-reactive ketones (excluding diaryl/α,β-unsaturated/α-hetero) is 1. The Hall–Kier alpha value is -1.93. The number of hydrogen-bond donors (Lipinski definition) is 2. The minimum Gasteiger partial charge on any atom is -0.444 e. The molecular weight excluding hydrogens is 416 g/mol. The summed E-state index contributed by atoms with van der Waals surface area (Å²) in [5.74, 6) is -0.381. The van der Waals surface area contributed by atoms with Gasteiger partial charge < -0.3 is 20.1 Å². The van der Waals surface area contributed by atoms with Gasteiger partial charge in [0.15, 0.2) is 5.78 Å². The summed E-state index contributed by atoms with van der Waals surface area (Å²) >= 11 is 1.57. The Bertz CT molecular complexity index is 683. The molecule has 0 aliphatic carbocycles. The van der Waals surface area contributed by atoms with E-state index in [1.807, 2.05) is 37.6 Å². The van der Waals surface area contributed by atoms with Crippen molar-refractivity contribution in [1.82, 2.24) is 10.6 Å². The molecule has 0 bridgehead atoms. The van der Waals surface area contributed by atoms with Crippen molar-refractivity contribution in [2.75, 3.05) is 6.61 Å². The van der Waals surface area contributed by atoms with Crippen LogP contribution in [-0.2, 0) is 25.7 Å². The molecule has 0 radical (unpaired) electrons. The van der Waals surface area contributed by atoms with E-state index >= 15 is 0 Å². The smallest absolute Gasteiger partial charge is 0.408 e. The number of ketones is 1. The highest BCUT2D eigenvalue weighted by atomic mass is 32.1. The van der Waals surface area contributed by atoms with Crippen LogP contribution in [-0.4, -0.2) is 42.1 Å². The lowest BCUT2D eigenvalue weighted by Crippen LogP contribution is -2.53. The number of ether oxygens (including phenoxy) is 2. The molecule has 0 aliphatic heterocycles. The van der Waals surface area contributed by atoms with E-state index in [1.54, 1.807) is 32.1 Å². The zero-order valence-corrected chi connectivity index (χ0v) is 20.5. The van der Waals surface area contributed by atoms with E-state index in [4.69, 9.17) is 9.47 Å². The molecule has 0 saturated heterocycles. The molecule has 2 N–H and O–H groups in total. The first-order valence-corrected chi connectivity index (χ1v) is 11.9. The molecule has 0 unspecified atom stereocenters. The van der Waals surface area contributed by atoms with Gasteiger partial charge >= 0.3 is 6.09 Å². The average Bonchev–Trinajstić information content (AvgIpc) is 3.15. The lowest BCUT2D eigenvalue weighted by Gasteiger charge is -2.26. The Balaban J connectivity index is 2.74. The topological polar surface area (TPSA) is 93.7 Å².